The summed E-state index contributed by atoms with van der Waals surface area (Å²) in [5.74, 6) is -2.21. The van der Waals surface area contributed by atoms with Crippen LogP contribution < -0.4 is 15.2 Å². The highest BCUT2D eigenvalue weighted by Gasteiger charge is 2.38. The first-order valence-electron chi connectivity index (χ1n) is 9.07. The zero-order chi connectivity index (χ0) is 22.2. The molecule has 0 fully saturated rings. The molecule has 0 amide bonds. The maximum absolute atomic E-state index is 12.4. The Morgan fingerprint density at radius 3 is 2.17 bits per heavy atom. The van der Waals surface area contributed by atoms with Crippen LogP contribution in [0, 0.1) is 0 Å². The fourth-order valence-electron chi connectivity index (χ4n) is 2.79. The third-order valence-electron chi connectivity index (χ3n) is 3.90. The van der Waals surface area contributed by atoms with E-state index >= 15 is 0 Å². The molecule has 29 heavy (non-hydrogen) atoms. The fraction of sp³-hybridized carbons (Fsp3) is 0.500. The molecule has 0 radical (unpaired) electrons. The van der Waals surface area contributed by atoms with E-state index in [1.165, 1.54) is 33.1 Å². The minimum Gasteiger partial charge on any atom is -0.468 e. The molecule has 1 rings (SSSR count). The normalized spacial score (nSPS) is 13.6. The van der Waals surface area contributed by atoms with Gasteiger partial charge in [0.25, 0.3) is 0 Å². The summed E-state index contributed by atoms with van der Waals surface area (Å²) in [6, 6.07) is 4.47. The van der Waals surface area contributed by atoms with Crippen LogP contribution in [0.5, 0.6) is 11.5 Å². The number of rotatable bonds is 9. The number of hydrogen-bond acceptors (Lipinski definition) is 9. The van der Waals surface area contributed by atoms with Gasteiger partial charge in [0, 0.05) is 33.1 Å². The Morgan fingerprint density at radius 1 is 1.07 bits per heavy atom. The zero-order valence-corrected chi connectivity index (χ0v) is 17.3. The molecule has 0 aromatic heterocycles. The molecule has 2 N–H and O–H groups in total. The molecule has 0 spiro atoms. The van der Waals surface area contributed by atoms with Crippen LogP contribution in [0.1, 0.15) is 46.1 Å². The van der Waals surface area contributed by atoms with Crippen LogP contribution >= 0.6 is 0 Å². The number of carbonyl (C=O) groups is 4. The summed E-state index contributed by atoms with van der Waals surface area (Å²) in [6.07, 6.45) is -0.411. The van der Waals surface area contributed by atoms with Crippen LogP contribution in [0.3, 0.4) is 0 Å². The van der Waals surface area contributed by atoms with E-state index in [4.69, 9.17) is 24.7 Å². The van der Waals surface area contributed by atoms with Crippen molar-refractivity contribution in [3.05, 3.63) is 23.8 Å². The molecule has 2 atom stereocenters. The molecule has 0 aliphatic carbocycles. The molecule has 0 bridgehead atoms. The number of benzene rings is 1. The molecule has 0 saturated heterocycles. The highest BCUT2D eigenvalue weighted by Crippen LogP contribution is 2.31. The smallest absolute Gasteiger partial charge is 0.326 e. The second-order valence-corrected chi connectivity index (χ2v) is 6.65. The first-order valence-corrected chi connectivity index (χ1v) is 9.07. The Labute approximate surface area is 169 Å². The van der Waals surface area contributed by atoms with Crippen LogP contribution in [-0.2, 0) is 35.1 Å². The van der Waals surface area contributed by atoms with E-state index in [0.717, 1.165) is 0 Å². The van der Waals surface area contributed by atoms with Crippen molar-refractivity contribution in [2.45, 2.75) is 58.6 Å². The summed E-state index contributed by atoms with van der Waals surface area (Å²) >= 11 is 0. The molecule has 0 heterocycles. The summed E-state index contributed by atoms with van der Waals surface area (Å²) in [5, 5.41) is 0. The monoisotopic (exact) mass is 409 g/mol. The lowest BCUT2D eigenvalue weighted by Gasteiger charge is -2.29. The topological polar surface area (TPSA) is 131 Å². The summed E-state index contributed by atoms with van der Waals surface area (Å²) in [6.45, 7) is 5.71. The van der Waals surface area contributed by atoms with Crippen molar-refractivity contribution in [2.75, 3.05) is 7.11 Å². The minimum absolute atomic E-state index is 0.00229. The number of hydrogen-bond donors (Lipinski definition) is 1. The summed E-state index contributed by atoms with van der Waals surface area (Å²) in [4.78, 5) is 46.5. The van der Waals surface area contributed by atoms with E-state index in [9.17, 15) is 19.2 Å². The lowest BCUT2D eigenvalue weighted by atomic mass is 9.86. The number of methoxy groups -OCH3 is 1. The molecule has 1 unspecified atom stereocenters. The van der Waals surface area contributed by atoms with Crippen LogP contribution in [0.2, 0.25) is 0 Å². The average molecular weight is 409 g/mol. The maximum atomic E-state index is 12.4. The van der Waals surface area contributed by atoms with E-state index < -0.39 is 35.5 Å². The molecule has 9 heteroatoms. The van der Waals surface area contributed by atoms with Gasteiger partial charge in [-0.1, -0.05) is 13.0 Å². The number of carbonyl (C=O) groups excluding carboxylic acids is 4. The molecule has 0 aliphatic rings. The van der Waals surface area contributed by atoms with Crippen LogP contribution in [0.4, 0.5) is 0 Å². The van der Waals surface area contributed by atoms with Gasteiger partial charge in [0.05, 0.1) is 7.11 Å². The fourth-order valence-corrected chi connectivity index (χ4v) is 2.79. The van der Waals surface area contributed by atoms with Gasteiger partial charge in [-0.3, -0.25) is 19.2 Å². The van der Waals surface area contributed by atoms with Crippen molar-refractivity contribution in [2.24, 2.45) is 5.73 Å². The second kappa shape index (κ2) is 10.6. The van der Waals surface area contributed by atoms with Crippen molar-refractivity contribution in [3.63, 3.8) is 0 Å². The standard InChI is InChI=1S/C20H27NO8/c1-6-18(24)27-12(2)10-20(21,19(25)26-5)11-15-7-8-16(28-13(3)22)17(9-15)29-14(4)23/h7-9,12H,6,10-11,21H2,1-5H3/t12-,20?/m0/s1. The Kier molecular flexibility index (Phi) is 8.78. The summed E-state index contributed by atoms with van der Waals surface area (Å²) in [7, 11) is 1.21. The Morgan fingerprint density at radius 2 is 1.66 bits per heavy atom. The van der Waals surface area contributed by atoms with Gasteiger partial charge >= 0.3 is 23.9 Å². The minimum atomic E-state index is -1.50. The molecular formula is C20H27NO8. The van der Waals surface area contributed by atoms with Crippen LogP contribution in [0.25, 0.3) is 0 Å². The highest BCUT2D eigenvalue weighted by molar-refractivity contribution is 5.81. The van der Waals surface area contributed by atoms with Crippen molar-refractivity contribution in [3.8, 4) is 11.5 Å². The summed E-state index contributed by atoms with van der Waals surface area (Å²) in [5.41, 5.74) is 5.34. The first kappa shape index (κ1) is 24.1. The number of esters is 4. The SMILES string of the molecule is CCC(=O)O[C@@H](C)CC(N)(Cc1ccc(OC(C)=O)c(OC(C)=O)c1)C(=O)OC. The van der Waals surface area contributed by atoms with Gasteiger partial charge in [0.2, 0.25) is 0 Å². The first-order chi connectivity index (χ1) is 13.5. The van der Waals surface area contributed by atoms with Gasteiger partial charge < -0.3 is 24.7 Å². The third kappa shape index (κ3) is 7.53. The van der Waals surface area contributed by atoms with Gasteiger partial charge in [-0.05, 0) is 24.6 Å². The molecule has 160 valence electrons. The lowest BCUT2D eigenvalue weighted by Crippen LogP contribution is -2.53. The maximum Gasteiger partial charge on any atom is 0.326 e. The zero-order valence-electron chi connectivity index (χ0n) is 17.3. The van der Waals surface area contributed by atoms with E-state index in [0.29, 0.717) is 5.56 Å². The average Bonchev–Trinajstić information content (AvgIpc) is 2.61. The number of ether oxygens (including phenoxy) is 4. The lowest BCUT2D eigenvalue weighted by molar-refractivity contribution is -0.154. The number of nitrogens with two attached hydrogens (primary N) is 1. The van der Waals surface area contributed by atoms with Gasteiger partial charge in [-0.15, -0.1) is 0 Å². The molecule has 0 aliphatic heterocycles. The van der Waals surface area contributed by atoms with Gasteiger partial charge in [0.15, 0.2) is 11.5 Å². The van der Waals surface area contributed by atoms with Crippen molar-refractivity contribution < 1.29 is 38.1 Å². The third-order valence-corrected chi connectivity index (χ3v) is 3.90. The highest BCUT2D eigenvalue weighted by atomic mass is 16.6. The Balaban J connectivity index is 3.17. The van der Waals surface area contributed by atoms with Gasteiger partial charge in [-0.2, -0.15) is 0 Å². The Hall–Kier alpha value is -2.94. The van der Waals surface area contributed by atoms with Crippen molar-refractivity contribution in [1.29, 1.82) is 0 Å². The molecular weight excluding hydrogens is 382 g/mol. The van der Waals surface area contributed by atoms with E-state index in [1.54, 1.807) is 19.9 Å². The second-order valence-electron chi connectivity index (χ2n) is 6.65. The van der Waals surface area contributed by atoms with Crippen molar-refractivity contribution in [1.82, 2.24) is 0 Å². The predicted octanol–water partition coefficient (Wildman–Crippen LogP) is 1.68. The molecule has 0 saturated carbocycles. The van der Waals surface area contributed by atoms with E-state index in [1.807, 2.05) is 0 Å². The van der Waals surface area contributed by atoms with Gasteiger partial charge in [0.1, 0.15) is 11.6 Å². The molecule has 1 aromatic carbocycles. The molecule has 9 nitrogen and oxygen atoms in total. The van der Waals surface area contributed by atoms with Crippen LogP contribution in [-0.4, -0.2) is 42.6 Å². The van der Waals surface area contributed by atoms with Crippen molar-refractivity contribution >= 4 is 23.9 Å². The quantitative estimate of drug-likeness (QED) is 0.478. The van der Waals surface area contributed by atoms with E-state index in [2.05, 4.69) is 0 Å². The largest absolute Gasteiger partial charge is 0.468 e. The summed E-state index contributed by atoms with van der Waals surface area (Å²) < 4.78 is 20.2. The Bertz CT molecular complexity index is 776. The van der Waals surface area contributed by atoms with Crippen LogP contribution in [0.15, 0.2) is 18.2 Å². The molecule has 1 aromatic rings. The van der Waals surface area contributed by atoms with E-state index in [-0.39, 0.29) is 30.8 Å². The van der Waals surface area contributed by atoms with Gasteiger partial charge in [-0.25, -0.2) is 0 Å². The predicted molar refractivity (Wildman–Crippen MR) is 102 cm³/mol.